The van der Waals surface area contributed by atoms with Gasteiger partial charge in [0.1, 0.15) is 22.7 Å². The Labute approximate surface area is 212 Å². The van der Waals surface area contributed by atoms with Crippen molar-refractivity contribution >= 4 is 35.2 Å². The zero-order chi connectivity index (χ0) is 25.4. The lowest BCUT2D eigenvalue weighted by molar-refractivity contribution is -0.141. The standard InChI is InChI=1S/C28H25FN4O2S/c1-16-17(2)36-28-25(16)26(30-23(15-24(34)35-4)27-32-31-18(3)33(27)28)21-11-7-19(8-12-21)5-6-20-9-13-22(29)14-10-20/h5-14,23H,15H2,1-4H3/t23-/m0/s1. The third-order valence-corrected chi connectivity index (χ3v) is 7.54. The quantitative estimate of drug-likeness (QED) is 0.248. The van der Waals surface area contributed by atoms with Crippen molar-refractivity contribution in [1.82, 2.24) is 14.8 Å². The Morgan fingerprint density at radius 1 is 1.03 bits per heavy atom. The molecule has 6 nitrogen and oxygen atoms in total. The molecule has 36 heavy (non-hydrogen) atoms. The summed E-state index contributed by atoms with van der Waals surface area (Å²) in [5.41, 5.74) is 5.87. The van der Waals surface area contributed by atoms with Crippen LogP contribution in [0.3, 0.4) is 0 Å². The lowest BCUT2D eigenvalue weighted by Crippen LogP contribution is -2.12. The van der Waals surface area contributed by atoms with Crippen LogP contribution in [0.5, 0.6) is 0 Å². The number of thiophene rings is 1. The molecule has 0 unspecified atom stereocenters. The Kier molecular flexibility index (Phi) is 6.36. The third-order valence-electron chi connectivity index (χ3n) is 6.35. The van der Waals surface area contributed by atoms with E-state index < -0.39 is 6.04 Å². The molecule has 3 heterocycles. The van der Waals surface area contributed by atoms with E-state index in [-0.39, 0.29) is 18.2 Å². The molecule has 2 aromatic heterocycles. The van der Waals surface area contributed by atoms with Crippen LogP contribution < -0.4 is 0 Å². The predicted octanol–water partition coefficient (Wildman–Crippen LogP) is 6.02. The third kappa shape index (κ3) is 4.40. The van der Waals surface area contributed by atoms with Gasteiger partial charge in [0.2, 0.25) is 0 Å². The Morgan fingerprint density at radius 2 is 1.67 bits per heavy atom. The Bertz CT molecular complexity index is 1500. The molecule has 2 aromatic carbocycles. The maximum atomic E-state index is 13.2. The van der Waals surface area contributed by atoms with Gasteiger partial charge in [0.25, 0.3) is 0 Å². The molecule has 4 aromatic rings. The molecule has 1 aliphatic rings. The van der Waals surface area contributed by atoms with Gasteiger partial charge >= 0.3 is 5.97 Å². The van der Waals surface area contributed by atoms with E-state index in [9.17, 15) is 9.18 Å². The molecule has 0 fully saturated rings. The average molecular weight is 501 g/mol. The summed E-state index contributed by atoms with van der Waals surface area (Å²) < 4.78 is 20.1. The van der Waals surface area contributed by atoms with Gasteiger partial charge in [-0.3, -0.25) is 14.4 Å². The highest BCUT2D eigenvalue weighted by atomic mass is 32.1. The second kappa shape index (κ2) is 9.62. The highest BCUT2D eigenvalue weighted by Crippen LogP contribution is 2.39. The van der Waals surface area contributed by atoms with Gasteiger partial charge in [0, 0.05) is 16.0 Å². The Balaban J connectivity index is 1.58. The lowest BCUT2D eigenvalue weighted by Gasteiger charge is -2.12. The Hall–Kier alpha value is -3.91. The summed E-state index contributed by atoms with van der Waals surface area (Å²) in [5, 5.41) is 9.69. The molecule has 182 valence electrons. The molecule has 0 radical (unpaired) electrons. The number of aryl methyl sites for hydroxylation is 2. The van der Waals surface area contributed by atoms with Crippen molar-refractivity contribution in [3.05, 3.63) is 98.7 Å². The molecule has 0 aliphatic carbocycles. The molecule has 0 saturated carbocycles. The van der Waals surface area contributed by atoms with Gasteiger partial charge in [-0.15, -0.1) is 21.5 Å². The summed E-state index contributed by atoms with van der Waals surface area (Å²) in [7, 11) is 1.38. The zero-order valence-corrected chi connectivity index (χ0v) is 21.3. The van der Waals surface area contributed by atoms with E-state index in [1.807, 2.05) is 47.9 Å². The van der Waals surface area contributed by atoms with Crippen molar-refractivity contribution in [3.63, 3.8) is 0 Å². The number of hydrogen-bond donors (Lipinski definition) is 0. The number of halogens is 1. The lowest BCUT2D eigenvalue weighted by atomic mass is 9.98. The molecule has 0 spiro atoms. The molecule has 0 amide bonds. The molecule has 1 aliphatic heterocycles. The van der Waals surface area contributed by atoms with E-state index in [4.69, 9.17) is 9.73 Å². The molecule has 0 saturated heterocycles. The summed E-state index contributed by atoms with van der Waals surface area (Å²) in [5.74, 6) is 0.779. The molecule has 5 rings (SSSR count). The van der Waals surface area contributed by atoms with Crippen molar-refractivity contribution in [2.45, 2.75) is 33.2 Å². The number of carbonyl (C=O) groups excluding carboxylic acids is 1. The number of rotatable bonds is 5. The average Bonchev–Trinajstić information content (AvgIpc) is 3.36. The van der Waals surface area contributed by atoms with Crippen molar-refractivity contribution < 1.29 is 13.9 Å². The van der Waals surface area contributed by atoms with Crippen molar-refractivity contribution in [2.24, 2.45) is 4.99 Å². The van der Waals surface area contributed by atoms with E-state index in [1.165, 1.54) is 24.1 Å². The minimum Gasteiger partial charge on any atom is -0.469 e. The van der Waals surface area contributed by atoms with Crippen LogP contribution in [0.4, 0.5) is 4.39 Å². The van der Waals surface area contributed by atoms with Gasteiger partial charge < -0.3 is 4.74 Å². The predicted molar refractivity (Wildman–Crippen MR) is 140 cm³/mol. The van der Waals surface area contributed by atoms with Gasteiger partial charge in [0.15, 0.2) is 5.82 Å². The maximum absolute atomic E-state index is 13.2. The number of aromatic nitrogens is 3. The van der Waals surface area contributed by atoms with Gasteiger partial charge in [-0.25, -0.2) is 4.39 Å². The van der Waals surface area contributed by atoms with Crippen LogP contribution >= 0.6 is 11.3 Å². The molecule has 8 heteroatoms. The molecule has 0 bridgehead atoms. The van der Waals surface area contributed by atoms with Crippen LogP contribution in [-0.2, 0) is 9.53 Å². The number of carbonyl (C=O) groups is 1. The summed E-state index contributed by atoms with van der Waals surface area (Å²) >= 11 is 1.67. The van der Waals surface area contributed by atoms with Crippen LogP contribution in [0.1, 0.15) is 56.8 Å². The fraction of sp³-hybridized carbons (Fsp3) is 0.214. The van der Waals surface area contributed by atoms with E-state index in [2.05, 4.69) is 24.0 Å². The van der Waals surface area contributed by atoms with Crippen molar-refractivity contribution in [2.75, 3.05) is 7.11 Å². The fourth-order valence-corrected chi connectivity index (χ4v) is 5.50. The van der Waals surface area contributed by atoms with Crippen LogP contribution in [0.2, 0.25) is 0 Å². The SMILES string of the molecule is COC(=O)C[C@@H]1N=C(c2ccc(C=Cc3ccc(F)cc3)cc2)c2c(sc(C)c2C)-n2c(C)nnc21. The summed E-state index contributed by atoms with van der Waals surface area (Å²) in [6.07, 6.45) is 4.01. The minimum atomic E-state index is -0.522. The zero-order valence-electron chi connectivity index (χ0n) is 20.4. The van der Waals surface area contributed by atoms with Gasteiger partial charge in [-0.1, -0.05) is 48.6 Å². The first kappa shape index (κ1) is 23.8. The van der Waals surface area contributed by atoms with Crippen LogP contribution in [-0.4, -0.2) is 33.6 Å². The van der Waals surface area contributed by atoms with Crippen LogP contribution in [0.15, 0.2) is 53.5 Å². The molecular formula is C28H25FN4O2S. The number of ether oxygens (including phenoxy) is 1. The maximum Gasteiger partial charge on any atom is 0.308 e. The number of methoxy groups -OCH3 is 1. The van der Waals surface area contributed by atoms with E-state index in [0.717, 1.165) is 44.4 Å². The molecule has 0 N–H and O–H groups in total. The topological polar surface area (TPSA) is 69.4 Å². The normalized spacial score (nSPS) is 14.8. The molecular weight excluding hydrogens is 475 g/mol. The first-order valence-electron chi connectivity index (χ1n) is 11.6. The largest absolute Gasteiger partial charge is 0.469 e. The summed E-state index contributed by atoms with van der Waals surface area (Å²) in [6.45, 7) is 6.11. The summed E-state index contributed by atoms with van der Waals surface area (Å²) in [4.78, 5) is 18.5. The van der Waals surface area contributed by atoms with Crippen molar-refractivity contribution in [3.8, 4) is 5.00 Å². The monoisotopic (exact) mass is 500 g/mol. The fourth-order valence-electron chi connectivity index (χ4n) is 4.28. The van der Waals surface area contributed by atoms with Gasteiger partial charge in [0.05, 0.1) is 19.2 Å². The first-order chi connectivity index (χ1) is 17.4. The van der Waals surface area contributed by atoms with E-state index in [1.54, 1.807) is 23.5 Å². The van der Waals surface area contributed by atoms with Crippen LogP contribution in [0, 0.1) is 26.6 Å². The van der Waals surface area contributed by atoms with Gasteiger partial charge in [-0.05, 0) is 49.6 Å². The first-order valence-corrected chi connectivity index (χ1v) is 12.4. The number of aliphatic imine (C=N–C) groups is 1. The second-order valence-electron chi connectivity index (χ2n) is 8.68. The Morgan fingerprint density at radius 3 is 2.31 bits per heavy atom. The van der Waals surface area contributed by atoms with E-state index in [0.29, 0.717) is 5.82 Å². The number of esters is 1. The van der Waals surface area contributed by atoms with Crippen molar-refractivity contribution in [1.29, 1.82) is 0 Å². The van der Waals surface area contributed by atoms with Crippen LogP contribution in [0.25, 0.3) is 17.2 Å². The molecule has 1 atom stereocenters. The number of benzene rings is 2. The highest BCUT2D eigenvalue weighted by molar-refractivity contribution is 7.15. The van der Waals surface area contributed by atoms with Gasteiger partial charge in [-0.2, -0.15) is 0 Å². The highest BCUT2D eigenvalue weighted by Gasteiger charge is 2.32. The number of fused-ring (bicyclic) bond motifs is 3. The number of hydrogen-bond acceptors (Lipinski definition) is 6. The number of nitrogens with zero attached hydrogens (tertiary/aromatic N) is 4. The smallest absolute Gasteiger partial charge is 0.308 e. The summed E-state index contributed by atoms with van der Waals surface area (Å²) in [6, 6.07) is 14.0. The van der Waals surface area contributed by atoms with E-state index >= 15 is 0 Å². The second-order valence-corrected chi connectivity index (χ2v) is 9.89. The minimum absolute atomic E-state index is 0.0730.